The highest BCUT2D eigenvalue weighted by molar-refractivity contribution is 6.21. The molecule has 3 aliphatic heterocycles. The zero-order valence-corrected chi connectivity index (χ0v) is 18.2. The van der Waals surface area contributed by atoms with E-state index in [0.29, 0.717) is 48.4 Å². The number of benzene rings is 2. The number of anilines is 2. The van der Waals surface area contributed by atoms with Gasteiger partial charge in [-0.15, -0.1) is 0 Å². The van der Waals surface area contributed by atoms with Crippen LogP contribution in [0.2, 0.25) is 0 Å². The molecule has 0 unspecified atom stereocenters. The Labute approximate surface area is 195 Å². The zero-order chi connectivity index (χ0) is 23.8. The number of imide groups is 1. The van der Waals surface area contributed by atoms with Gasteiger partial charge in [-0.05, 0) is 43.2 Å². The lowest BCUT2D eigenvalue weighted by atomic mass is 10.0. The fourth-order valence-electron chi connectivity index (χ4n) is 4.61. The van der Waals surface area contributed by atoms with Gasteiger partial charge in [-0.2, -0.15) is 0 Å². The van der Waals surface area contributed by atoms with Crippen LogP contribution in [0, 0.1) is 12.4 Å². The third-order valence-corrected chi connectivity index (χ3v) is 6.37. The molecule has 0 saturated carbocycles. The normalized spacial score (nSPS) is 19.9. The number of carbonyl (C=O) groups is 3. The first kappa shape index (κ1) is 21.6. The van der Waals surface area contributed by atoms with Gasteiger partial charge in [-0.3, -0.25) is 19.4 Å². The average molecular weight is 460 g/mol. The molecule has 34 heavy (non-hydrogen) atoms. The van der Waals surface area contributed by atoms with Crippen molar-refractivity contribution >= 4 is 29.3 Å². The monoisotopic (exact) mass is 460 g/mol. The number of halogens is 1. The lowest BCUT2D eigenvalue weighted by Crippen LogP contribution is -2.38. The standard InChI is InChI=1S/C25H21FN4O4/c1-27-13-16-8-10-28(11-9-16)22-7-6-17(12-21(22)26)29-14-18(34-25(29)33)15-30-23(31)19-4-2-3-5-20(19)24(30)32/h2-7,12-13,18H,8-11,14-15H2/t18-/m1/s1. The van der Waals surface area contributed by atoms with E-state index in [1.807, 2.05) is 4.90 Å². The molecule has 3 aliphatic rings. The van der Waals surface area contributed by atoms with E-state index in [1.54, 1.807) is 36.4 Å². The van der Waals surface area contributed by atoms with Crippen molar-refractivity contribution in [3.8, 4) is 0 Å². The summed E-state index contributed by atoms with van der Waals surface area (Å²) in [5, 5.41) is 0. The van der Waals surface area contributed by atoms with Gasteiger partial charge in [0.05, 0.1) is 42.2 Å². The van der Waals surface area contributed by atoms with Gasteiger partial charge in [0.15, 0.2) is 6.20 Å². The minimum Gasteiger partial charge on any atom is -0.442 e. The molecule has 3 amide bonds. The van der Waals surface area contributed by atoms with Crippen molar-refractivity contribution in [2.45, 2.75) is 18.9 Å². The molecule has 9 heteroatoms. The molecule has 172 valence electrons. The molecular weight excluding hydrogens is 439 g/mol. The first-order valence-corrected chi connectivity index (χ1v) is 11.0. The van der Waals surface area contributed by atoms with Crippen LogP contribution in [0.25, 0.3) is 4.85 Å². The second kappa shape index (κ2) is 8.63. The summed E-state index contributed by atoms with van der Waals surface area (Å²) in [7, 11) is 0. The summed E-state index contributed by atoms with van der Waals surface area (Å²) in [6.07, 6.45) is 1.59. The van der Waals surface area contributed by atoms with Crippen molar-refractivity contribution in [1.29, 1.82) is 0 Å². The molecule has 2 aromatic rings. The third kappa shape index (κ3) is 3.77. The van der Waals surface area contributed by atoms with E-state index in [-0.39, 0.29) is 13.1 Å². The average Bonchev–Trinajstić information content (AvgIpc) is 3.33. The Morgan fingerprint density at radius 1 is 1.06 bits per heavy atom. The number of fused-ring (bicyclic) bond motifs is 1. The van der Waals surface area contributed by atoms with Crippen LogP contribution in [0.15, 0.2) is 54.2 Å². The Balaban J connectivity index is 1.26. The van der Waals surface area contributed by atoms with E-state index >= 15 is 0 Å². The summed E-state index contributed by atoms with van der Waals surface area (Å²) < 4.78 is 20.3. The molecule has 0 aromatic heterocycles. The van der Waals surface area contributed by atoms with Crippen molar-refractivity contribution < 1.29 is 23.5 Å². The summed E-state index contributed by atoms with van der Waals surface area (Å²) >= 11 is 0. The van der Waals surface area contributed by atoms with E-state index in [2.05, 4.69) is 4.85 Å². The van der Waals surface area contributed by atoms with Crippen LogP contribution >= 0.6 is 0 Å². The lowest BCUT2D eigenvalue weighted by molar-refractivity contribution is 0.0558. The molecule has 0 N–H and O–H groups in total. The summed E-state index contributed by atoms with van der Waals surface area (Å²) in [5.74, 6) is -1.28. The summed E-state index contributed by atoms with van der Waals surface area (Å²) in [5.41, 5.74) is 2.52. The van der Waals surface area contributed by atoms with Crippen LogP contribution < -0.4 is 9.80 Å². The van der Waals surface area contributed by atoms with Crippen LogP contribution in [0.1, 0.15) is 33.6 Å². The van der Waals surface area contributed by atoms with Crippen LogP contribution in [0.5, 0.6) is 0 Å². The fraction of sp³-hybridized carbons (Fsp3) is 0.280. The number of amides is 3. The molecule has 3 heterocycles. The first-order chi connectivity index (χ1) is 16.5. The highest BCUT2D eigenvalue weighted by Crippen LogP contribution is 2.31. The van der Waals surface area contributed by atoms with Gasteiger partial charge in [0.2, 0.25) is 0 Å². The highest BCUT2D eigenvalue weighted by atomic mass is 19.1. The van der Waals surface area contributed by atoms with Gasteiger partial charge < -0.3 is 9.64 Å². The maximum atomic E-state index is 15.0. The van der Waals surface area contributed by atoms with Crippen molar-refractivity contribution in [2.24, 2.45) is 0 Å². The molecule has 1 atom stereocenters. The van der Waals surface area contributed by atoms with Gasteiger partial charge in [-0.1, -0.05) is 17.7 Å². The van der Waals surface area contributed by atoms with E-state index in [4.69, 9.17) is 11.3 Å². The summed E-state index contributed by atoms with van der Waals surface area (Å²) in [6.45, 7) is 8.20. The maximum absolute atomic E-state index is 15.0. The number of hydrogen-bond donors (Lipinski definition) is 0. The van der Waals surface area contributed by atoms with Gasteiger partial charge in [0.1, 0.15) is 11.9 Å². The highest BCUT2D eigenvalue weighted by Gasteiger charge is 2.40. The Kier molecular flexibility index (Phi) is 5.49. The van der Waals surface area contributed by atoms with Crippen LogP contribution in [0.3, 0.4) is 0 Å². The number of hydrogen-bond acceptors (Lipinski definition) is 5. The Bertz CT molecular complexity index is 1220. The van der Waals surface area contributed by atoms with Gasteiger partial charge in [0, 0.05) is 13.1 Å². The van der Waals surface area contributed by atoms with Crippen molar-refractivity contribution in [2.75, 3.05) is 36.0 Å². The largest absolute Gasteiger partial charge is 0.442 e. The minimum absolute atomic E-state index is 0.0661. The van der Waals surface area contributed by atoms with Gasteiger partial charge >= 0.3 is 6.09 Å². The fourth-order valence-corrected chi connectivity index (χ4v) is 4.61. The van der Waals surface area contributed by atoms with Crippen molar-refractivity contribution in [3.63, 3.8) is 0 Å². The maximum Gasteiger partial charge on any atom is 0.414 e. The molecule has 8 nitrogen and oxygen atoms in total. The summed E-state index contributed by atoms with van der Waals surface area (Å²) in [6, 6.07) is 11.2. The van der Waals surface area contributed by atoms with Crippen LogP contribution in [-0.2, 0) is 4.74 Å². The second-order valence-corrected chi connectivity index (χ2v) is 8.42. The number of ether oxygens (including phenoxy) is 1. The minimum atomic E-state index is -0.716. The van der Waals surface area contributed by atoms with Gasteiger partial charge in [0.25, 0.3) is 11.8 Å². The smallest absolute Gasteiger partial charge is 0.414 e. The first-order valence-electron chi connectivity index (χ1n) is 11.0. The predicted octanol–water partition coefficient (Wildman–Crippen LogP) is 3.85. The molecule has 2 saturated heterocycles. The molecule has 5 rings (SSSR count). The molecule has 0 radical (unpaired) electrons. The Morgan fingerprint density at radius 2 is 1.74 bits per heavy atom. The molecule has 2 fully saturated rings. The SMILES string of the molecule is [C-]#[N+]C=C1CCN(c2ccc(N3C[C@H](CN4C(=O)c5ccccc5C4=O)OC3=O)cc2F)CC1. The van der Waals surface area contributed by atoms with Crippen LogP contribution in [0.4, 0.5) is 20.6 Å². The van der Waals surface area contributed by atoms with Crippen LogP contribution in [-0.4, -0.2) is 55.1 Å². The van der Waals surface area contributed by atoms with E-state index in [9.17, 15) is 18.8 Å². The molecule has 0 aliphatic carbocycles. The van der Waals surface area contributed by atoms with E-state index < -0.39 is 29.8 Å². The van der Waals surface area contributed by atoms with Crippen molar-refractivity contribution in [1.82, 2.24) is 4.90 Å². The molecular formula is C25H21FN4O4. The third-order valence-electron chi connectivity index (χ3n) is 6.37. The Hall–Kier alpha value is -4.19. The Morgan fingerprint density at radius 3 is 2.35 bits per heavy atom. The number of carbonyl (C=O) groups excluding carboxylic acids is 3. The zero-order valence-electron chi connectivity index (χ0n) is 18.2. The molecule has 2 aromatic carbocycles. The predicted molar refractivity (Wildman–Crippen MR) is 122 cm³/mol. The number of piperidine rings is 1. The van der Waals surface area contributed by atoms with Gasteiger partial charge in [-0.25, -0.2) is 14.0 Å². The quantitative estimate of drug-likeness (QED) is 0.512. The van der Waals surface area contributed by atoms with Crippen molar-refractivity contribution in [3.05, 3.63) is 82.6 Å². The number of cyclic esters (lactones) is 1. The number of nitrogens with zero attached hydrogens (tertiary/aromatic N) is 4. The van der Waals surface area contributed by atoms with E-state index in [1.165, 1.54) is 17.2 Å². The number of rotatable bonds is 4. The molecule has 0 spiro atoms. The molecule has 0 bridgehead atoms. The van der Waals surface area contributed by atoms with E-state index in [0.717, 1.165) is 10.5 Å². The lowest BCUT2D eigenvalue weighted by Gasteiger charge is -2.31. The summed E-state index contributed by atoms with van der Waals surface area (Å²) in [4.78, 5) is 45.3. The topological polar surface area (TPSA) is 74.5 Å². The second-order valence-electron chi connectivity index (χ2n) is 8.42.